The second kappa shape index (κ2) is 4.08. The van der Waals surface area contributed by atoms with Crippen LogP contribution < -0.4 is 5.32 Å². The summed E-state index contributed by atoms with van der Waals surface area (Å²) in [5.74, 6) is -0.0967. The summed E-state index contributed by atoms with van der Waals surface area (Å²) >= 11 is 0. The Morgan fingerprint density at radius 2 is 2.00 bits per heavy atom. The SMILES string of the molecule is CN1CCN(C(=O)C2(O)CCNC2)CC1. The van der Waals surface area contributed by atoms with Crippen LogP contribution in [0.5, 0.6) is 0 Å². The van der Waals surface area contributed by atoms with Gasteiger partial charge < -0.3 is 20.2 Å². The number of rotatable bonds is 1. The fourth-order valence-electron chi connectivity index (χ4n) is 2.17. The third-order valence-corrected chi connectivity index (χ3v) is 3.32. The van der Waals surface area contributed by atoms with Crippen molar-refractivity contribution in [1.82, 2.24) is 15.1 Å². The molecule has 15 heavy (non-hydrogen) atoms. The van der Waals surface area contributed by atoms with Gasteiger partial charge in [0.1, 0.15) is 0 Å². The van der Waals surface area contributed by atoms with Crippen LogP contribution in [-0.2, 0) is 4.79 Å². The molecule has 2 fully saturated rings. The average molecular weight is 213 g/mol. The van der Waals surface area contributed by atoms with E-state index in [1.165, 1.54) is 0 Å². The number of piperazine rings is 1. The molecule has 0 aromatic rings. The maximum Gasteiger partial charge on any atom is 0.256 e. The smallest absolute Gasteiger partial charge is 0.256 e. The van der Waals surface area contributed by atoms with Crippen LogP contribution in [0.15, 0.2) is 0 Å². The number of likely N-dealkylation sites (N-methyl/N-ethyl adjacent to an activating group) is 1. The molecule has 0 bridgehead atoms. The Balaban J connectivity index is 1.95. The Kier molecular flexibility index (Phi) is 2.95. The van der Waals surface area contributed by atoms with Gasteiger partial charge in [-0.2, -0.15) is 0 Å². The predicted molar refractivity (Wildman–Crippen MR) is 56.5 cm³/mol. The van der Waals surface area contributed by atoms with E-state index in [0.717, 1.165) is 32.7 Å². The molecule has 0 aromatic carbocycles. The molecule has 0 spiro atoms. The normalized spacial score (nSPS) is 33.3. The Hall–Kier alpha value is -0.650. The maximum atomic E-state index is 12.0. The van der Waals surface area contributed by atoms with E-state index in [9.17, 15) is 9.90 Å². The lowest BCUT2D eigenvalue weighted by molar-refractivity contribution is -0.150. The van der Waals surface area contributed by atoms with Crippen LogP contribution in [0.2, 0.25) is 0 Å². The molecule has 1 amide bonds. The van der Waals surface area contributed by atoms with Crippen molar-refractivity contribution in [3.63, 3.8) is 0 Å². The van der Waals surface area contributed by atoms with Crippen molar-refractivity contribution in [2.24, 2.45) is 0 Å². The summed E-state index contributed by atoms with van der Waals surface area (Å²) in [6.07, 6.45) is 0.540. The minimum absolute atomic E-state index is 0.0967. The van der Waals surface area contributed by atoms with Gasteiger partial charge in [-0.25, -0.2) is 0 Å². The Bertz CT molecular complexity index is 243. The number of aliphatic hydroxyl groups is 1. The Labute approximate surface area is 90.0 Å². The second-order valence-corrected chi connectivity index (χ2v) is 4.55. The van der Waals surface area contributed by atoms with Crippen LogP contribution in [0.1, 0.15) is 6.42 Å². The molecule has 5 nitrogen and oxygen atoms in total. The molecular weight excluding hydrogens is 194 g/mol. The number of carbonyl (C=O) groups is 1. The first-order chi connectivity index (χ1) is 7.12. The lowest BCUT2D eigenvalue weighted by atomic mass is 10.0. The van der Waals surface area contributed by atoms with E-state index in [0.29, 0.717) is 13.0 Å². The van der Waals surface area contributed by atoms with Crippen LogP contribution in [0.4, 0.5) is 0 Å². The summed E-state index contributed by atoms with van der Waals surface area (Å²) in [7, 11) is 2.05. The van der Waals surface area contributed by atoms with E-state index in [2.05, 4.69) is 10.2 Å². The third kappa shape index (κ3) is 2.14. The standard InChI is InChI=1S/C10H19N3O2/c1-12-4-6-13(7-5-12)9(14)10(15)2-3-11-8-10/h11,15H,2-8H2,1H3. The number of nitrogens with zero attached hydrogens (tertiary/aromatic N) is 2. The van der Waals surface area contributed by atoms with Crippen molar-refractivity contribution in [1.29, 1.82) is 0 Å². The fourth-order valence-corrected chi connectivity index (χ4v) is 2.17. The van der Waals surface area contributed by atoms with Crippen molar-refractivity contribution in [2.45, 2.75) is 12.0 Å². The van der Waals surface area contributed by atoms with E-state index in [1.807, 2.05) is 7.05 Å². The van der Waals surface area contributed by atoms with Crippen molar-refractivity contribution >= 4 is 5.91 Å². The molecule has 0 radical (unpaired) electrons. The molecule has 1 unspecified atom stereocenters. The van der Waals surface area contributed by atoms with Gasteiger partial charge in [0.25, 0.3) is 5.91 Å². The minimum Gasteiger partial charge on any atom is -0.379 e. The van der Waals surface area contributed by atoms with Gasteiger partial charge in [-0.1, -0.05) is 0 Å². The number of β-amino-alcohol motifs (C(OH)–C–C–N with tert-alkyl or cyclic N) is 1. The van der Waals surface area contributed by atoms with Crippen LogP contribution >= 0.6 is 0 Å². The summed E-state index contributed by atoms with van der Waals surface area (Å²) in [5.41, 5.74) is -1.14. The summed E-state index contributed by atoms with van der Waals surface area (Å²) in [4.78, 5) is 16.0. The number of hydrogen-bond acceptors (Lipinski definition) is 4. The average Bonchev–Trinajstić information content (AvgIpc) is 2.67. The van der Waals surface area contributed by atoms with E-state index < -0.39 is 5.60 Å². The van der Waals surface area contributed by atoms with Gasteiger partial charge in [-0.15, -0.1) is 0 Å². The first-order valence-corrected chi connectivity index (χ1v) is 5.53. The highest BCUT2D eigenvalue weighted by Gasteiger charge is 2.42. The van der Waals surface area contributed by atoms with Gasteiger partial charge in [0, 0.05) is 32.7 Å². The zero-order chi connectivity index (χ0) is 10.9. The molecule has 2 rings (SSSR count). The van der Waals surface area contributed by atoms with Crippen molar-refractivity contribution < 1.29 is 9.90 Å². The zero-order valence-corrected chi connectivity index (χ0v) is 9.20. The molecule has 2 aliphatic rings. The fraction of sp³-hybridized carbons (Fsp3) is 0.900. The molecule has 2 aliphatic heterocycles. The van der Waals surface area contributed by atoms with Crippen molar-refractivity contribution in [3.05, 3.63) is 0 Å². The van der Waals surface area contributed by atoms with Crippen LogP contribution in [0.3, 0.4) is 0 Å². The predicted octanol–water partition coefficient (Wildman–Crippen LogP) is -1.52. The van der Waals surface area contributed by atoms with Gasteiger partial charge >= 0.3 is 0 Å². The van der Waals surface area contributed by atoms with Gasteiger partial charge in [0.2, 0.25) is 0 Å². The largest absolute Gasteiger partial charge is 0.379 e. The number of carbonyl (C=O) groups excluding carboxylic acids is 1. The summed E-state index contributed by atoms with van der Waals surface area (Å²) < 4.78 is 0. The van der Waals surface area contributed by atoms with Crippen molar-refractivity contribution in [2.75, 3.05) is 46.3 Å². The van der Waals surface area contributed by atoms with Gasteiger partial charge in [0.05, 0.1) is 0 Å². The molecule has 0 aliphatic carbocycles. The lowest BCUT2D eigenvalue weighted by Gasteiger charge is -2.36. The Morgan fingerprint density at radius 3 is 2.53 bits per heavy atom. The second-order valence-electron chi connectivity index (χ2n) is 4.55. The summed E-state index contributed by atoms with van der Waals surface area (Å²) in [6, 6.07) is 0. The maximum absolute atomic E-state index is 12.0. The first kappa shape index (κ1) is 10.9. The minimum atomic E-state index is -1.14. The number of amides is 1. The van der Waals surface area contributed by atoms with Gasteiger partial charge in [-0.05, 0) is 20.0 Å². The quantitative estimate of drug-likeness (QED) is 0.556. The van der Waals surface area contributed by atoms with E-state index in [1.54, 1.807) is 4.90 Å². The molecular formula is C10H19N3O2. The molecule has 5 heteroatoms. The molecule has 2 N–H and O–H groups in total. The monoisotopic (exact) mass is 213 g/mol. The van der Waals surface area contributed by atoms with Crippen LogP contribution in [0, 0.1) is 0 Å². The molecule has 2 saturated heterocycles. The molecule has 86 valence electrons. The van der Waals surface area contributed by atoms with Crippen LogP contribution in [-0.4, -0.2) is 72.7 Å². The van der Waals surface area contributed by atoms with Crippen LogP contribution in [0.25, 0.3) is 0 Å². The Morgan fingerprint density at radius 1 is 1.33 bits per heavy atom. The lowest BCUT2D eigenvalue weighted by Crippen LogP contribution is -2.55. The molecule has 1 atom stereocenters. The van der Waals surface area contributed by atoms with E-state index >= 15 is 0 Å². The highest BCUT2D eigenvalue weighted by molar-refractivity contribution is 5.85. The molecule has 0 aromatic heterocycles. The van der Waals surface area contributed by atoms with Gasteiger partial charge in [-0.3, -0.25) is 4.79 Å². The summed E-state index contributed by atoms with van der Waals surface area (Å²) in [5, 5.41) is 13.1. The highest BCUT2D eigenvalue weighted by Crippen LogP contribution is 2.18. The third-order valence-electron chi connectivity index (χ3n) is 3.32. The topological polar surface area (TPSA) is 55.8 Å². The number of nitrogens with one attached hydrogen (secondary N) is 1. The van der Waals surface area contributed by atoms with Gasteiger partial charge in [0.15, 0.2) is 5.60 Å². The molecule has 2 heterocycles. The summed E-state index contributed by atoms with van der Waals surface area (Å²) in [6.45, 7) is 4.40. The zero-order valence-electron chi connectivity index (χ0n) is 9.20. The van der Waals surface area contributed by atoms with E-state index in [4.69, 9.17) is 0 Å². The van der Waals surface area contributed by atoms with Crippen molar-refractivity contribution in [3.8, 4) is 0 Å². The molecule has 0 saturated carbocycles. The number of hydrogen-bond donors (Lipinski definition) is 2. The first-order valence-electron chi connectivity index (χ1n) is 5.53. The van der Waals surface area contributed by atoms with E-state index in [-0.39, 0.29) is 5.91 Å². The highest BCUT2D eigenvalue weighted by atomic mass is 16.3.